The topological polar surface area (TPSA) is 56.7 Å². The maximum absolute atomic E-state index is 9.71. The molecule has 146 valence electrons. The van der Waals surface area contributed by atoms with Crippen molar-refractivity contribution in [3.8, 4) is 0 Å². The molecule has 1 fully saturated rings. The molecule has 0 bridgehead atoms. The number of benzene rings is 2. The summed E-state index contributed by atoms with van der Waals surface area (Å²) in [7, 11) is 1.78. The third-order valence-electron chi connectivity index (χ3n) is 5.12. The highest BCUT2D eigenvalue weighted by atomic mass is 127. The van der Waals surface area contributed by atoms with Gasteiger partial charge in [-0.25, -0.2) is 0 Å². The second-order valence-corrected chi connectivity index (χ2v) is 7.71. The van der Waals surface area contributed by atoms with Gasteiger partial charge in [0.15, 0.2) is 5.96 Å². The van der Waals surface area contributed by atoms with Crippen LogP contribution in [-0.4, -0.2) is 37.8 Å². The highest BCUT2D eigenvalue weighted by Crippen LogP contribution is 2.49. The van der Waals surface area contributed by atoms with Crippen molar-refractivity contribution in [1.29, 1.82) is 0 Å². The first-order chi connectivity index (χ1) is 12.7. The van der Waals surface area contributed by atoms with Crippen LogP contribution < -0.4 is 10.6 Å². The maximum Gasteiger partial charge on any atom is 0.191 e. The van der Waals surface area contributed by atoms with Gasteiger partial charge in [0.05, 0.1) is 6.61 Å². The Hall–Kier alpha value is -1.12. The van der Waals surface area contributed by atoms with Gasteiger partial charge in [0.25, 0.3) is 0 Å². The molecule has 0 radical (unpaired) electrons. The zero-order valence-electron chi connectivity index (χ0n) is 15.5. The monoisotopic (exact) mass is 543 g/mol. The summed E-state index contributed by atoms with van der Waals surface area (Å²) in [6.07, 6.45) is 2.37. The van der Waals surface area contributed by atoms with E-state index in [1.165, 1.54) is 22.9 Å². The molecule has 0 aromatic heterocycles. The smallest absolute Gasteiger partial charge is 0.191 e. The van der Waals surface area contributed by atoms with E-state index in [2.05, 4.69) is 55.8 Å². The Morgan fingerprint density at radius 2 is 1.78 bits per heavy atom. The molecule has 4 nitrogen and oxygen atoms in total. The predicted molar refractivity (Wildman–Crippen MR) is 126 cm³/mol. The van der Waals surface area contributed by atoms with Crippen molar-refractivity contribution in [3.05, 3.63) is 70.2 Å². The Labute approximate surface area is 187 Å². The molecule has 3 N–H and O–H groups in total. The van der Waals surface area contributed by atoms with E-state index in [9.17, 15) is 5.11 Å². The predicted octanol–water partition coefficient (Wildman–Crippen LogP) is 4.04. The summed E-state index contributed by atoms with van der Waals surface area (Å²) in [5.74, 6) is 0.825. The molecule has 1 aliphatic rings. The van der Waals surface area contributed by atoms with Gasteiger partial charge in [-0.2, -0.15) is 0 Å². The van der Waals surface area contributed by atoms with E-state index in [0.717, 1.165) is 18.1 Å². The molecule has 1 unspecified atom stereocenters. The van der Waals surface area contributed by atoms with Crippen LogP contribution in [-0.2, 0) is 5.41 Å². The molecule has 2 aromatic carbocycles. The summed E-state index contributed by atoms with van der Waals surface area (Å²) in [5.41, 5.74) is 2.68. The zero-order chi connectivity index (χ0) is 18.4. The molecule has 3 rings (SSSR count). The van der Waals surface area contributed by atoms with E-state index in [1.54, 1.807) is 7.05 Å². The fraction of sp³-hybridized carbons (Fsp3) is 0.381. The van der Waals surface area contributed by atoms with Crippen molar-refractivity contribution in [2.75, 3.05) is 26.7 Å². The Kier molecular flexibility index (Phi) is 8.57. The van der Waals surface area contributed by atoms with Crippen LogP contribution in [0.2, 0.25) is 0 Å². The first-order valence-electron chi connectivity index (χ1n) is 9.04. The first-order valence-corrected chi connectivity index (χ1v) is 9.83. The summed E-state index contributed by atoms with van der Waals surface area (Å²) in [5, 5.41) is 16.5. The van der Waals surface area contributed by atoms with Crippen LogP contribution in [0, 0.1) is 0 Å². The summed E-state index contributed by atoms with van der Waals surface area (Å²) < 4.78 is 1.17. The van der Waals surface area contributed by atoms with E-state index >= 15 is 0 Å². The number of nitrogens with one attached hydrogen (secondary N) is 2. The summed E-state index contributed by atoms with van der Waals surface area (Å²) in [4.78, 5) is 4.34. The molecule has 27 heavy (non-hydrogen) atoms. The largest absolute Gasteiger partial charge is 0.396 e. The molecule has 1 atom stereocenters. The van der Waals surface area contributed by atoms with Crippen LogP contribution in [0.4, 0.5) is 0 Å². The van der Waals surface area contributed by atoms with Gasteiger partial charge in [-0.05, 0) is 30.0 Å². The van der Waals surface area contributed by atoms with E-state index in [-0.39, 0.29) is 41.9 Å². The van der Waals surface area contributed by atoms with Crippen molar-refractivity contribution in [3.63, 3.8) is 0 Å². The lowest BCUT2D eigenvalue weighted by Crippen LogP contribution is -2.43. The summed E-state index contributed by atoms with van der Waals surface area (Å²) in [6, 6.07) is 18.5. The molecule has 0 aliphatic heterocycles. The lowest BCUT2D eigenvalue weighted by molar-refractivity contribution is 0.265. The van der Waals surface area contributed by atoms with Crippen LogP contribution >= 0.6 is 39.9 Å². The molecular formula is C21H27BrIN3O. The van der Waals surface area contributed by atoms with Gasteiger partial charge < -0.3 is 15.7 Å². The van der Waals surface area contributed by atoms with Crippen molar-refractivity contribution in [1.82, 2.24) is 10.6 Å². The van der Waals surface area contributed by atoms with Gasteiger partial charge in [-0.1, -0.05) is 64.5 Å². The van der Waals surface area contributed by atoms with Crippen molar-refractivity contribution in [2.24, 2.45) is 4.99 Å². The molecule has 2 aromatic rings. The van der Waals surface area contributed by atoms with E-state index < -0.39 is 0 Å². The maximum atomic E-state index is 9.71. The molecule has 1 saturated carbocycles. The average molecular weight is 544 g/mol. The van der Waals surface area contributed by atoms with Gasteiger partial charge in [-0.15, -0.1) is 24.0 Å². The van der Waals surface area contributed by atoms with E-state index in [1.807, 2.05) is 30.3 Å². The molecule has 0 heterocycles. The molecule has 0 saturated heterocycles. The Bertz CT molecular complexity index is 750. The number of rotatable bonds is 7. The lowest BCUT2D eigenvalue weighted by atomic mass is 9.96. The number of guanidine groups is 1. The van der Waals surface area contributed by atoms with Crippen molar-refractivity contribution >= 4 is 45.9 Å². The number of aliphatic hydroxyl groups is 1. The Balaban J connectivity index is 0.00000261. The molecule has 0 spiro atoms. The number of aliphatic hydroxyl groups excluding tert-OH is 1. The van der Waals surface area contributed by atoms with E-state index in [0.29, 0.717) is 6.54 Å². The number of nitrogens with zero attached hydrogens (tertiary/aromatic N) is 1. The number of aliphatic imine (C=N–C) groups is 1. The molecule has 1 aliphatic carbocycles. The second kappa shape index (κ2) is 10.4. The highest BCUT2D eigenvalue weighted by Gasteiger charge is 2.45. The van der Waals surface area contributed by atoms with Gasteiger partial charge in [0, 0.05) is 35.9 Å². The van der Waals surface area contributed by atoms with Crippen LogP contribution in [0.15, 0.2) is 64.1 Å². The quantitative estimate of drug-likeness (QED) is 0.281. The summed E-state index contributed by atoms with van der Waals surface area (Å²) in [6.45, 7) is 1.60. The second-order valence-electron chi connectivity index (χ2n) is 6.86. The van der Waals surface area contributed by atoms with Crippen LogP contribution in [0.1, 0.15) is 29.9 Å². The van der Waals surface area contributed by atoms with Crippen molar-refractivity contribution < 1.29 is 5.11 Å². The molecular weight excluding hydrogens is 517 g/mol. The van der Waals surface area contributed by atoms with Gasteiger partial charge in [0.1, 0.15) is 0 Å². The lowest BCUT2D eigenvalue weighted by Gasteiger charge is -2.22. The SMILES string of the molecule is CN=C(NCC(CO)c1ccccc1)NCC1(c2ccccc2Br)CC1.I. The van der Waals surface area contributed by atoms with E-state index in [4.69, 9.17) is 0 Å². The minimum atomic E-state index is 0. The standard InChI is InChI=1S/C21H26BrN3O.HI/c1-23-20(24-13-17(14-26)16-7-3-2-4-8-16)25-15-21(11-12-21)18-9-5-6-10-19(18)22;/h2-10,17,26H,11-15H2,1H3,(H2,23,24,25);1H. The molecule has 6 heteroatoms. The normalized spacial score (nSPS) is 16.2. The molecule has 0 amide bonds. The Morgan fingerprint density at radius 3 is 2.37 bits per heavy atom. The fourth-order valence-corrected chi connectivity index (χ4v) is 4.00. The van der Waals surface area contributed by atoms with Gasteiger partial charge in [0.2, 0.25) is 0 Å². The minimum absolute atomic E-state index is 0. The third kappa shape index (κ3) is 5.68. The number of halogens is 2. The Morgan fingerprint density at radius 1 is 1.11 bits per heavy atom. The van der Waals surface area contributed by atoms with Gasteiger partial charge >= 0.3 is 0 Å². The third-order valence-corrected chi connectivity index (χ3v) is 5.82. The minimum Gasteiger partial charge on any atom is -0.396 e. The number of hydrogen-bond acceptors (Lipinski definition) is 2. The van der Waals surface area contributed by atoms with Crippen molar-refractivity contribution in [2.45, 2.75) is 24.2 Å². The van der Waals surface area contributed by atoms with Crippen LogP contribution in [0.5, 0.6) is 0 Å². The zero-order valence-corrected chi connectivity index (χ0v) is 19.4. The summed E-state index contributed by atoms with van der Waals surface area (Å²) >= 11 is 3.68. The van der Waals surface area contributed by atoms with Crippen LogP contribution in [0.25, 0.3) is 0 Å². The van der Waals surface area contributed by atoms with Gasteiger partial charge in [-0.3, -0.25) is 4.99 Å². The first kappa shape index (κ1) is 22.2. The van der Waals surface area contributed by atoms with Crippen LogP contribution in [0.3, 0.4) is 0 Å². The fourth-order valence-electron chi connectivity index (χ4n) is 3.29. The highest BCUT2D eigenvalue weighted by molar-refractivity contribution is 14.0. The average Bonchev–Trinajstić information content (AvgIpc) is 3.47. The number of hydrogen-bond donors (Lipinski definition) is 3.